The molecule has 8 heteroatoms. The summed E-state index contributed by atoms with van der Waals surface area (Å²) in [6.07, 6.45) is 2.41. The highest BCUT2D eigenvalue weighted by Gasteiger charge is 2.33. The van der Waals surface area contributed by atoms with E-state index in [1.807, 2.05) is 55.5 Å². The largest absolute Gasteiger partial charge is 0.467 e. The van der Waals surface area contributed by atoms with Gasteiger partial charge in [0.15, 0.2) is 0 Å². The van der Waals surface area contributed by atoms with Crippen molar-refractivity contribution in [2.24, 2.45) is 5.92 Å². The normalized spacial score (nSPS) is 12.1. The van der Waals surface area contributed by atoms with Crippen LogP contribution in [0.3, 0.4) is 0 Å². The molecule has 2 aromatic heterocycles. The fraction of sp³-hybridized carbons (Fsp3) is 0.333. The van der Waals surface area contributed by atoms with Crippen LogP contribution >= 0.6 is 0 Å². The number of amides is 2. The van der Waals surface area contributed by atoms with Crippen molar-refractivity contribution < 1.29 is 14.0 Å². The lowest BCUT2D eigenvalue weighted by Gasteiger charge is -2.32. The first-order valence-electron chi connectivity index (χ1n) is 11.9. The molecule has 0 bridgehead atoms. The summed E-state index contributed by atoms with van der Waals surface area (Å²) in [6, 6.07) is 17.9. The Hall–Kier alpha value is -3.94. The highest BCUT2D eigenvalue weighted by atomic mass is 16.3. The van der Waals surface area contributed by atoms with Crippen molar-refractivity contribution in [2.45, 2.75) is 46.3 Å². The van der Waals surface area contributed by atoms with Crippen LogP contribution in [0.1, 0.15) is 43.2 Å². The molecule has 4 aromatic rings. The van der Waals surface area contributed by atoms with Gasteiger partial charge in [0.05, 0.1) is 18.3 Å². The van der Waals surface area contributed by atoms with E-state index in [1.54, 1.807) is 28.0 Å². The first kappa shape index (κ1) is 24.2. The van der Waals surface area contributed by atoms with Crippen LogP contribution in [0.25, 0.3) is 11.0 Å². The molecule has 8 nitrogen and oxygen atoms in total. The molecule has 0 saturated heterocycles. The highest BCUT2D eigenvalue weighted by molar-refractivity contribution is 5.89. The summed E-state index contributed by atoms with van der Waals surface area (Å²) in [5.41, 5.74) is 3.17. The second kappa shape index (κ2) is 11.0. The Morgan fingerprint density at radius 3 is 2.57 bits per heavy atom. The highest BCUT2D eigenvalue weighted by Crippen LogP contribution is 2.27. The zero-order chi connectivity index (χ0) is 24.8. The molecule has 1 unspecified atom stereocenters. The van der Waals surface area contributed by atoms with Crippen molar-refractivity contribution in [3.05, 3.63) is 83.8 Å². The van der Waals surface area contributed by atoms with Crippen molar-refractivity contribution in [3.63, 3.8) is 0 Å². The van der Waals surface area contributed by atoms with E-state index in [4.69, 9.17) is 4.42 Å². The fourth-order valence-electron chi connectivity index (χ4n) is 4.07. The average Bonchev–Trinajstić information content (AvgIpc) is 3.50. The van der Waals surface area contributed by atoms with E-state index < -0.39 is 6.04 Å². The first-order chi connectivity index (χ1) is 16.9. The topological polar surface area (TPSA) is 93.3 Å². The Morgan fingerprint density at radius 1 is 1.06 bits per heavy atom. The van der Waals surface area contributed by atoms with E-state index in [1.165, 1.54) is 0 Å². The van der Waals surface area contributed by atoms with Crippen LogP contribution in [0.5, 0.6) is 0 Å². The summed E-state index contributed by atoms with van der Waals surface area (Å²) < 4.78 is 7.14. The maximum absolute atomic E-state index is 13.8. The van der Waals surface area contributed by atoms with Gasteiger partial charge >= 0.3 is 0 Å². The number of aromatic nitrogens is 3. The van der Waals surface area contributed by atoms with E-state index in [2.05, 4.69) is 29.5 Å². The monoisotopic (exact) mass is 473 g/mol. The molecule has 0 aliphatic heterocycles. The van der Waals surface area contributed by atoms with Gasteiger partial charge in [-0.1, -0.05) is 55.5 Å². The summed E-state index contributed by atoms with van der Waals surface area (Å²) in [6.45, 7) is 6.80. The minimum Gasteiger partial charge on any atom is -0.467 e. The molecule has 35 heavy (non-hydrogen) atoms. The van der Waals surface area contributed by atoms with Gasteiger partial charge in [0.25, 0.3) is 0 Å². The van der Waals surface area contributed by atoms with Crippen molar-refractivity contribution in [1.82, 2.24) is 25.2 Å². The van der Waals surface area contributed by atoms with Crippen LogP contribution in [0.2, 0.25) is 0 Å². The summed E-state index contributed by atoms with van der Waals surface area (Å²) in [7, 11) is 0. The van der Waals surface area contributed by atoms with Crippen LogP contribution in [0.15, 0.2) is 71.3 Å². The summed E-state index contributed by atoms with van der Waals surface area (Å²) in [4.78, 5) is 29.0. The van der Waals surface area contributed by atoms with E-state index >= 15 is 0 Å². The smallest absolute Gasteiger partial charge is 0.247 e. The van der Waals surface area contributed by atoms with E-state index in [-0.39, 0.29) is 24.9 Å². The van der Waals surface area contributed by atoms with Gasteiger partial charge in [-0.2, -0.15) is 0 Å². The number of fused-ring (bicyclic) bond motifs is 1. The van der Waals surface area contributed by atoms with Crippen LogP contribution in [-0.2, 0) is 22.7 Å². The third-order valence-corrected chi connectivity index (χ3v) is 6.00. The predicted molar refractivity (Wildman–Crippen MR) is 133 cm³/mol. The zero-order valence-electron chi connectivity index (χ0n) is 20.3. The van der Waals surface area contributed by atoms with Gasteiger partial charge in [0.2, 0.25) is 11.8 Å². The molecule has 0 fully saturated rings. The Labute approximate surface area is 204 Å². The molecule has 2 amide bonds. The molecular weight excluding hydrogens is 442 g/mol. The first-order valence-corrected chi connectivity index (χ1v) is 11.9. The SMILES string of the molecule is Cc1ccccc1C(C(=O)NCCC(C)C)N(Cc1ccco1)C(=O)Cn1nnc2ccccc21. The van der Waals surface area contributed by atoms with E-state index in [0.717, 1.165) is 23.1 Å². The number of rotatable bonds is 10. The minimum absolute atomic E-state index is 0.0527. The van der Waals surface area contributed by atoms with Gasteiger partial charge in [0, 0.05) is 6.54 Å². The maximum atomic E-state index is 13.8. The van der Waals surface area contributed by atoms with Gasteiger partial charge < -0.3 is 14.6 Å². The molecule has 182 valence electrons. The van der Waals surface area contributed by atoms with Crippen LogP contribution in [0.4, 0.5) is 0 Å². The van der Waals surface area contributed by atoms with Crippen LogP contribution in [0, 0.1) is 12.8 Å². The zero-order valence-corrected chi connectivity index (χ0v) is 20.3. The molecule has 1 atom stereocenters. The third-order valence-electron chi connectivity index (χ3n) is 6.00. The van der Waals surface area contributed by atoms with Crippen LogP contribution < -0.4 is 5.32 Å². The molecule has 1 N–H and O–H groups in total. The standard InChI is InChI=1S/C27H31N5O3/c1-19(2)14-15-28-27(34)26(22-11-5-4-9-20(22)3)31(17-21-10-8-16-35-21)25(33)18-32-24-13-7-6-12-23(24)29-30-32/h4-13,16,19,26H,14-15,17-18H2,1-3H3,(H,28,34). The molecule has 0 aliphatic rings. The fourth-order valence-corrected chi connectivity index (χ4v) is 4.07. The number of carbonyl (C=O) groups is 2. The Bertz CT molecular complexity index is 1280. The van der Waals surface area contributed by atoms with Gasteiger partial charge in [-0.3, -0.25) is 9.59 Å². The second-order valence-electron chi connectivity index (χ2n) is 9.07. The van der Waals surface area contributed by atoms with Gasteiger partial charge in [-0.15, -0.1) is 5.10 Å². The van der Waals surface area contributed by atoms with Crippen molar-refractivity contribution in [3.8, 4) is 0 Å². The molecule has 0 saturated carbocycles. The third kappa shape index (κ3) is 5.77. The second-order valence-corrected chi connectivity index (χ2v) is 9.07. The Morgan fingerprint density at radius 2 is 1.83 bits per heavy atom. The average molecular weight is 474 g/mol. The minimum atomic E-state index is -0.823. The quantitative estimate of drug-likeness (QED) is 0.371. The molecule has 2 heterocycles. The number of aryl methyl sites for hydroxylation is 1. The van der Waals surface area contributed by atoms with Crippen LogP contribution in [-0.4, -0.2) is 38.3 Å². The van der Waals surface area contributed by atoms with Gasteiger partial charge in [-0.05, 0) is 54.7 Å². The molecule has 2 aromatic carbocycles. The van der Waals surface area contributed by atoms with Gasteiger partial charge in [-0.25, -0.2) is 4.68 Å². The molecule has 0 spiro atoms. The predicted octanol–water partition coefficient (Wildman–Crippen LogP) is 4.27. The molecule has 4 rings (SSSR count). The number of furan rings is 1. The summed E-state index contributed by atoms with van der Waals surface area (Å²) in [5, 5.41) is 11.4. The van der Waals surface area contributed by atoms with Crippen molar-refractivity contribution >= 4 is 22.8 Å². The number of carbonyl (C=O) groups excluding carboxylic acids is 2. The van der Waals surface area contributed by atoms with E-state index in [0.29, 0.717) is 23.7 Å². The van der Waals surface area contributed by atoms with E-state index in [9.17, 15) is 9.59 Å². The summed E-state index contributed by atoms with van der Waals surface area (Å²) >= 11 is 0. The Balaban J connectivity index is 1.70. The van der Waals surface area contributed by atoms with Crippen molar-refractivity contribution in [2.75, 3.05) is 6.54 Å². The number of hydrogen-bond acceptors (Lipinski definition) is 5. The molecule has 0 aliphatic carbocycles. The molecule has 0 radical (unpaired) electrons. The van der Waals surface area contributed by atoms with Crippen molar-refractivity contribution in [1.29, 1.82) is 0 Å². The number of hydrogen-bond donors (Lipinski definition) is 1. The molecular formula is C27H31N5O3. The van der Waals surface area contributed by atoms with Gasteiger partial charge in [0.1, 0.15) is 23.9 Å². The lowest BCUT2D eigenvalue weighted by molar-refractivity contribution is -0.142. The maximum Gasteiger partial charge on any atom is 0.247 e. The number of nitrogens with one attached hydrogen (secondary N) is 1. The Kier molecular flexibility index (Phi) is 7.60. The number of nitrogens with zero attached hydrogens (tertiary/aromatic N) is 4. The summed E-state index contributed by atoms with van der Waals surface area (Å²) in [5.74, 6) is 0.566. The number of benzene rings is 2. The number of para-hydroxylation sites is 1. The lowest BCUT2D eigenvalue weighted by Crippen LogP contribution is -2.45. The lowest BCUT2D eigenvalue weighted by atomic mass is 9.98.